The van der Waals surface area contributed by atoms with E-state index in [2.05, 4.69) is 5.32 Å². The highest BCUT2D eigenvalue weighted by molar-refractivity contribution is 6.31. The third-order valence-electron chi connectivity index (χ3n) is 4.55. The first-order valence-electron chi connectivity index (χ1n) is 9.52. The number of carbonyl (C=O) groups excluding carboxylic acids is 1. The standard InChI is InChI=1S/C24H18ClN3O4/c1-16-9-10-20(25)13-22(16)27-24(29)19(14-26)12-18-6-2-3-8-23(18)32-15-17-5-4-7-21(11-17)28(30)31/h2-13H,15H2,1H3,(H,27,29)/b19-12+. The fraction of sp³-hybridized carbons (Fsp3) is 0.0833. The Hall–Kier alpha value is -4.15. The van der Waals surface area contributed by atoms with Gasteiger partial charge < -0.3 is 10.1 Å². The number of non-ortho nitro benzene ring substituents is 1. The lowest BCUT2D eigenvalue weighted by atomic mass is 10.1. The van der Waals surface area contributed by atoms with Crippen LogP contribution >= 0.6 is 11.6 Å². The Kier molecular flexibility index (Phi) is 7.21. The molecule has 0 aromatic heterocycles. The fourth-order valence-corrected chi connectivity index (χ4v) is 3.05. The molecule has 3 rings (SSSR count). The summed E-state index contributed by atoms with van der Waals surface area (Å²) in [4.78, 5) is 23.1. The maximum absolute atomic E-state index is 12.7. The normalized spacial score (nSPS) is 10.8. The molecule has 160 valence electrons. The highest BCUT2D eigenvalue weighted by atomic mass is 35.5. The number of halogens is 1. The SMILES string of the molecule is Cc1ccc(Cl)cc1NC(=O)/C(C#N)=C/c1ccccc1OCc1cccc([N+](=O)[O-])c1. The molecule has 0 heterocycles. The lowest BCUT2D eigenvalue weighted by Crippen LogP contribution is -2.14. The van der Waals surface area contributed by atoms with Crippen molar-refractivity contribution in [2.75, 3.05) is 5.32 Å². The Morgan fingerprint density at radius 2 is 1.97 bits per heavy atom. The van der Waals surface area contributed by atoms with Crippen LogP contribution < -0.4 is 10.1 Å². The first kappa shape index (κ1) is 22.5. The van der Waals surface area contributed by atoms with Crippen molar-refractivity contribution in [3.63, 3.8) is 0 Å². The summed E-state index contributed by atoms with van der Waals surface area (Å²) in [6.07, 6.45) is 1.43. The van der Waals surface area contributed by atoms with Crippen molar-refractivity contribution in [1.82, 2.24) is 0 Å². The molecule has 0 unspecified atom stereocenters. The van der Waals surface area contributed by atoms with Gasteiger partial charge in [0.1, 0.15) is 24.0 Å². The molecule has 3 aromatic rings. The van der Waals surface area contributed by atoms with Crippen LogP contribution in [-0.4, -0.2) is 10.8 Å². The predicted octanol–water partition coefficient (Wildman–Crippen LogP) is 5.68. The van der Waals surface area contributed by atoms with E-state index in [0.29, 0.717) is 27.6 Å². The van der Waals surface area contributed by atoms with Gasteiger partial charge in [-0.15, -0.1) is 0 Å². The van der Waals surface area contributed by atoms with Gasteiger partial charge in [-0.3, -0.25) is 14.9 Å². The van der Waals surface area contributed by atoms with Gasteiger partial charge in [0.25, 0.3) is 11.6 Å². The number of anilines is 1. The van der Waals surface area contributed by atoms with Crippen LogP contribution in [0.1, 0.15) is 16.7 Å². The Balaban J connectivity index is 1.80. The minimum atomic E-state index is -0.577. The zero-order valence-electron chi connectivity index (χ0n) is 17.0. The highest BCUT2D eigenvalue weighted by Gasteiger charge is 2.13. The van der Waals surface area contributed by atoms with E-state index in [0.717, 1.165) is 5.56 Å². The summed E-state index contributed by atoms with van der Waals surface area (Å²) in [5.41, 5.74) is 2.31. The quantitative estimate of drug-likeness (QED) is 0.217. The summed E-state index contributed by atoms with van der Waals surface area (Å²) in [5.74, 6) is -0.148. The second kappa shape index (κ2) is 10.2. The number of amides is 1. The molecule has 32 heavy (non-hydrogen) atoms. The number of nitro groups is 1. The third kappa shape index (κ3) is 5.72. The van der Waals surface area contributed by atoms with E-state index in [1.165, 1.54) is 18.2 Å². The Morgan fingerprint density at radius 1 is 1.19 bits per heavy atom. The Morgan fingerprint density at radius 3 is 2.72 bits per heavy atom. The molecule has 1 N–H and O–H groups in total. The number of nitro benzene ring substituents is 1. The van der Waals surface area contributed by atoms with Crippen LogP contribution in [0.15, 0.2) is 72.3 Å². The molecule has 0 bridgehead atoms. The van der Waals surface area contributed by atoms with E-state index < -0.39 is 10.8 Å². The largest absolute Gasteiger partial charge is 0.488 e. The summed E-state index contributed by atoms with van der Waals surface area (Å²) in [7, 11) is 0. The van der Waals surface area contributed by atoms with Crippen LogP contribution in [0.3, 0.4) is 0 Å². The van der Waals surface area contributed by atoms with Crippen LogP contribution in [0, 0.1) is 28.4 Å². The maximum Gasteiger partial charge on any atom is 0.269 e. The second-order valence-corrected chi connectivity index (χ2v) is 7.27. The van der Waals surface area contributed by atoms with Gasteiger partial charge in [-0.1, -0.05) is 48.0 Å². The minimum absolute atomic E-state index is 0.0287. The number of carbonyl (C=O) groups is 1. The molecule has 1 amide bonds. The van der Waals surface area contributed by atoms with E-state index in [-0.39, 0.29) is 17.9 Å². The number of nitriles is 1. The minimum Gasteiger partial charge on any atom is -0.488 e. The van der Waals surface area contributed by atoms with E-state index in [4.69, 9.17) is 16.3 Å². The first-order valence-corrected chi connectivity index (χ1v) is 9.89. The molecular formula is C24H18ClN3O4. The van der Waals surface area contributed by atoms with Crippen molar-refractivity contribution >= 4 is 35.0 Å². The molecule has 0 saturated heterocycles. The van der Waals surface area contributed by atoms with Crippen molar-refractivity contribution in [3.8, 4) is 11.8 Å². The van der Waals surface area contributed by atoms with Gasteiger partial charge in [-0.25, -0.2) is 0 Å². The number of nitrogens with zero attached hydrogens (tertiary/aromatic N) is 2. The van der Waals surface area contributed by atoms with Crippen molar-refractivity contribution in [3.05, 3.63) is 104 Å². The van der Waals surface area contributed by atoms with Crippen molar-refractivity contribution in [2.24, 2.45) is 0 Å². The molecule has 3 aromatic carbocycles. The number of rotatable bonds is 7. The number of para-hydroxylation sites is 1. The molecule has 8 heteroatoms. The zero-order chi connectivity index (χ0) is 23.1. The Labute approximate surface area is 189 Å². The van der Waals surface area contributed by atoms with Gasteiger partial charge in [0.05, 0.1) is 4.92 Å². The topological polar surface area (TPSA) is 105 Å². The van der Waals surface area contributed by atoms with Crippen molar-refractivity contribution < 1.29 is 14.5 Å². The number of benzene rings is 3. The van der Waals surface area contributed by atoms with Crippen LogP contribution in [-0.2, 0) is 11.4 Å². The molecule has 0 saturated carbocycles. The second-order valence-electron chi connectivity index (χ2n) is 6.84. The molecule has 0 spiro atoms. The number of nitrogens with one attached hydrogen (secondary N) is 1. The van der Waals surface area contributed by atoms with Crippen molar-refractivity contribution in [2.45, 2.75) is 13.5 Å². The zero-order valence-corrected chi connectivity index (χ0v) is 17.8. The lowest BCUT2D eigenvalue weighted by molar-refractivity contribution is -0.384. The summed E-state index contributed by atoms with van der Waals surface area (Å²) >= 11 is 5.99. The smallest absolute Gasteiger partial charge is 0.269 e. The van der Waals surface area contributed by atoms with Gasteiger partial charge in [0.2, 0.25) is 0 Å². The molecular weight excluding hydrogens is 430 g/mol. The van der Waals surface area contributed by atoms with E-state index in [1.54, 1.807) is 54.6 Å². The van der Waals surface area contributed by atoms with Gasteiger partial charge in [-0.05, 0) is 42.3 Å². The highest BCUT2D eigenvalue weighted by Crippen LogP contribution is 2.25. The monoisotopic (exact) mass is 447 g/mol. The maximum atomic E-state index is 12.7. The van der Waals surface area contributed by atoms with E-state index >= 15 is 0 Å². The molecule has 0 aliphatic carbocycles. The summed E-state index contributed by atoms with van der Waals surface area (Å²) in [6.45, 7) is 1.90. The van der Waals surface area contributed by atoms with Gasteiger partial charge >= 0.3 is 0 Å². The van der Waals surface area contributed by atoms with Gasteiger partial charge in [0.15, 0.2) is 0 Å². The number of aryl methyl sites for hydroxylation is 1. The molecule has 0 aliphatic heterocycles. The van der Waals surface area contributed by atoms with E-state index in [1.807, 2.05) is 13.0 Å². The number of hydrogen-bond acceptors (Lipinski definition) is 5. The molecule has 0 fully saturated rings. The average Bonchev–Trinajstić information content (AvgIpc) is 2.79. The number of ether oxygens (including phenoxy) is 1. The summed E-state index contributed by atoms with van der Waals surface area (Å²) in [6, 6.07) is 20.0. The summed E-state index contributed by atoms with van der Waals surface area (Å²) < 4.78 is 5.81. The van der Waals surface area contributed by atoms with Gasteiger partial charge in [-0.2, -0.15) is 5.26 Å². The molecule has 0 radical (unpaired) electrons. The van der Waals surface area contributed by atoms with Crippen molar-refractivity contribution in [1.29, 1.82) is 5.26 Å². The molecule has 0 atom stereocenters. The molecule has 7 nitrogen and oxygen atoms in total. The summed E-state index contributed by atoms with van der Waals surface area (Å²) in [5, 5.41) is 23.6. The number of hydrogen-bond donors (Lipinski definition) is 1. The lowest BCUT2D eigenvalue weighted by Gasteiger charge is -2.11. The molecule has 0 aliphatic rings. The first-order chi connectivity index (χ1) is 15.4. The van der Waals surface area contributed by atoms with Gasteiger partial charge in [0, 0.05) is 28.4 Å². The average molecular weight is 448 g/mol. The van der Waals surface area contributed by atoms with Crippen LogP contribution in [0.25, 0.3) is 6.08 Å². The fourth-order valence-electron chi connectivity index (χ4n) is 2.87. The predicted molar refractivity (Wildman–Crippen MR) is 122 cm³/mol. The van der Waals surface area contributed by atoms with Crippen LogP contribution in [0.4, 0.5) is 11.4 Å². The van der Waals surface area contributed by atoms with Crippen LogP contribution in [0.2, 0.25) is 5.02 Å². The Bertz CT molecular complexity index is 1250. The van der Waals surface area contributed by atoms with E-state index in [9.17, 15) is 20.2 Å². The van der Waals surface area contributed by atoms with Crippen LogP contribution in [0.5, 0.6) is 5.75 Å². The third-order valence-corrected chi connectivity index (χ3v) is 4.78.